The van der Waals surface area contributed by atoms with E-state index >= 15 is 0 Å². The van der Waals surface area contributed by atoms with Gasteiger partial charge in [-0.1, -0.05) is 12.5 Å². The van der Waals surface area contributed by atoms with E-state index in [0.717, 1.165) is 48.6 Å². The minimum atomic E-state index is -0.575. The summed E-state index contributed by atoms with van der Waals surface area (Å²) in [4.78, 5) is 22.2. The van der Waals surface area contributed by atoms with Gasteiger partial charge in [-0.25, -0.2) is 14.4 Å². The topological polar surface area (TPSA) is 90.5 Å². The van der Waals surface area contributed by atoms with Crippen LogP contribution in [0.2, 0.25) is 0 Å². The monoisotopic (exact) mass is 483 g/mol. The van der Waals surface area contributed by atoms with Crippen molar-refractivity contribution in [2.24, 2.45) is 5.41 Å². The number of anilines is 1. The van der Waals surface area contributed by atoms with Crippen LogP contribution in [0.5, 0.6) is 0 Å². The van der Waals surface area contributed by atoms with Crippen molar-refractivity contribution in [3.8, 4) is 17.2 Å². The Morgan fingerprint density at radius 2 is 2.06 bits per heavy atom. The number of carbonyl (C=O) groups excluding carboxylic acids is 1. The van der Waals surface area contributed by atoms with E-state index in [-0.39, 0.29) is 5.56 Å². The molecule has 0 radical (unpaired) electrons. The fourth-order valence-corrected chi connectivity index (χ4v) is 5.55. The van der Waals surface area contributed by atoms with Crippen molar-refractivity contribution in [3.63, 3.8) is 0 Å². The molecule has 3 aliphatic rings. The number of hydrogen-bond donors (Lipinski definition) is 1. The quantitative estimate of drug-likeness (QED) is 0.439. The van der Waals surface area contributed by atoms with E-state index in [1.165, 1.54) is 25.3 Å². The highest BCUT2D eigenvalue weighted by molar-refractivity contribution is 6.04. The third-order valence-electron chi connectivity index (χ3n) is 7.89. The van der Waals surface area contributed by atoms with E-state index in [2.05, 4.69) is 30.0 Å². The molecule has 1 amide bonds. The molecule has 7 rings (SSSR count). The van der Waals surface area contributed by atoms with Crippen molar-refractivity contribution in [1.82, 2.24) is 29.3 Å². The minimum Gasteiger partial charge on any atom is -0.309 e. The summed E-state index contributed by atoms with van der Waals surface area (Å²) in [5.74, 6) is 1.43. The second-order valence-electron chi connectivity index (χ2n) is 10.5. The van der Waals surface area contributed by atoms with Crippen molar-refractivity contribution in [2.75, 3.05) is 5.32 Å². The average molecular weight is 484 g/mol. The minimum absolute atomic E-state index is 0.0419. The Balaban J connectivity index is 1.15. The Morgan fingerprint density at radius 3 is 2.83 bits per heavy atom. The zero-order chi connectivity index (χ0) is 24.4. The molecule has 0 unspecified atom stereocenters. The number of carbonyl (C=O) groups is 1. The van der Waals surface area contributed by atoms with Crippen molar-refractivity contribution in [1.29, 1.82) is 0 Å². The second-order valence-corrected chi connectivity index (χ2v) is 10.5. The van der Waals surface area contributed by atoms with Crippen LogP contribution in [0.25, 0.3) is 17.2 Å². The third kappa shape index (κ3) is 3.53. The van der Waals surface area contributed by atoms with E-state index in [9.17, 15) is 9.18 Å². The molecule has 0 saturated heterocycles. The Hall–Kier alpha value is -3.88. The maximum Gasteiger partial charge on any atom is 0.259 e. The molecule has 9 heteroatoms. The first-order chi connectivity index (χ1) is 17.5. The number of pyridine rings is 1. The molecule has 8 nitrogen and oxygen atoms in total. The number of amides is 1. The SMILES string of the molecule is Cc1cc(F)c(C(=O)Nc2cccc(-c3nnc4n3CC3(CCC3)C4)n2)cc1-n1cnc(C2CC2)c1. The number of nitrogens with one attached hydrogen (secondary N) is 1. The number of benzene rings is 1. The number of nitrogens with zero attached hydrogens (tertiary/aromatic N) is 6. The van der Waals surface area contributed by atoms with Crippen LogP contribution in [0.1, 0.15) is 65.5 Å². The molecule has 0 atom stereocenters. The predicted octanol–water partition coefficient (Wildman–Crippen LogP) is 4.83. The van der Waals surface area contributed by atoms with Gasteiger partial charge >= 0.3 is 0 Å². The molecule has 2 saturated carbocycles. The lowest BCUT2D eigenvalue weighted by molar-refractivity contribution is 0.102. The lowest BCUT2D eigenvalue weighted by Gasteiger charge is -2.37. The standard InChI is InChI=1S/C27H26FN7O/c1-16-10-19(28)18(11-22(16)34-13-21(29-15-34)17-6-7-17)26(36)31-23-5-2-4-20(30-23)25-33-32-24-12-27(8-3-9-27)14-35(24)25/h2,4-5,10-11,13,15,17H,3,6-9,12,14H2,1H3,(H,30,31,36). The summed E-state index contributed by atoms with van der Waals surface area (Å²) >= 11 is 0. The van der Waals surface area contributed by atoms with Crippen LogP contribution in [0.3, 0.4) is 0 Å². The second kappa shape index (κ2) is 7.81. The van der Waals surface area contributed by atoms with Gasteiger partial charge in [0.1, 0.15) is 23.2 Å². The molecular weight excluding hydrogens is 457 g/mol. The number of aryl methyl sites for hydroxylation is 1. The Bertz CT molecular complexity index is 1510. The highest BCUT2D eigenvalue weighted by Crippen LogP contribution is 2.49. The van der Waals surface area contributed by atoms with Crippen LogP contribution < -0.4 is 5.32 Å². The molecule has 1 aliphatic heterocycles. The highest BCUT2D eigenvalue weighted by Gasteiger charge is 2.44. The third-order valence-corrected chi connectivity index (χ3v) is 7.89. The number of fused-ring (bicyclic) bond motifs is 1. The molecule has 1 spiro atoms. The van der Waals surface area contributed by atoms with Gasteiger partial charge in [0.2, 0.25) is 0 Å². The van der Waals surface area contributed by atoms with Gasteiger partial charge in [0, 0.05) is 25.1 Å². The lowest BCUT2D eigenvalue weighted by atomic mass is 9.68. The molecule has 1 N–H and O–H groups in total. The maximum atomic E-state index is 14.9. The number of imidazole rings is 1. The van der Waals surface area contributed by atoms with E-state index in [1.54, 1.807) is 18.5 Å². The normalized spacial score (nSPS) is 17.7. The summed E-state index contributed by atoms with van der Waals surface area (Å²) < 4.78 is 18.9. The van der Waals surface area contributed by atoms with Gasteiger partial charge in [0.15, 0.2) is 5.82 Å². The predicted molar refractivity (Wildman–Crippen MR) is 131 cm³/mol. The highest BCUT2D eigenvalue weighted by atomic mass is 19.1. The van der Waals surface area contributed by atoms with Crippen molar-refractivity contribution in [3.05, 3.63) is 71.3 Å². The zero-order valence-electron chi connectivity index (χ0n) is 20.0. The van der Waals surface area contributed by atoms with Gasteiger partial charge in [-0.3, -0.25) is 4.79 Å². The van der Waals surface area contributed by atoms with Gasteiger partial charge < -0.3 is 14.5 Å². The summed E-state index contributed by atoms with van der Waals surface area (Å²) in [5, 5.41) is 11.5. The summed E-state index contributed by atoms with van der Waals surface area (Å²) in [5.41, 5.74) is 3.43. The molecule has 0 bridgehead atoms. The summed E-state index contributed by atoms with van der Waals surface area (Å²) in [7, 11) is 0. The molecular formula is C27H26FN7O. The van der Waals surface area contributed by atoms with E-state index in [0.29, 0.717) is 28.7 Å². The largest absolute Gasteiger partial charge is 0.309 e. The molecule has 4 heterocycles. The van der Waals surface area contributed by atoms with Crippen molar-refractivity contribution in [2.45, 2.75) is 57.9 Å². The Morgan fingerprint density at radius 1 is 1.19 bits per heavy atom. The molecule has 2 fully saturated rings. The maximum absolute atomic E-state index is 14.9. The first-order valence-corrected chi connectivity index (χ1v) is 12.5. The first kappa shape index (κ1) is 21.4. The molecule has 2 aliphatic carbocycles. The van der Waals surface area contributed by atoms with Gasteiger partial charge in [0.25, 0.3) is 5.91 Å². The van der Waals surface area contributed by atoms with Crippen molar-refractivity contribution >= 4 is 11.7 Å². The fraction of sp³-hybridized carbons (Fsp3) is 0.370. The van der Waals surface area contributed by atoms with Gasteiger partial charge in [0.05, 0.1) is 23.3 Å². The molecule has 3 aromatic heterocycles. The Kier molecular flexibility index (Phi) is 4.64. The zero-order valence-corrected chi connectivity index (χ0v) is 20.0. The van der Waals surface area contributed by atoms with Gasteiger partial charge in [-0.2, -0.15) is 0 Å². The van der Waals surface area contributed by atoms with Gasteiger partial charge in [-0.15, -0.1) is 10.2 Å². The van der Waals surface area contributed by atoms with Crippen LogP contribution in [0, 0.1) is 18.2 Å². The fourth-order valence-electron chi connectivity index (χ4n) is 5.55. The van der Waals surface area contributed by atoms with E-state index < -0.39 is 11.7 Å². The van der Waals surface area contributed by atoms with E-state index in [1.807, 2.05) is 29.8 Å². The van der Waals surface area contributed by atoms with Crippen LogP contribution >= 0.6 is 0 Å². The molecule has 182 valence electrons. The summed E-state index contributed by atoms with van der Waals surface area (Å²) in [6.07, 6.45) is 10.7. The number of hydrogen-bond acceptors (Lipinski definition) is 5. The average Bonchev–Trinajstić information content (AvgIpc) is 3.25. The number of halogens is 1. The van der Waals surface area contributed by atoms with Crippen LogP contribution in [0.15, 0.2) is 42.9 Å². The van der Waals surface area contributed by atoms with E-state index in [4.69, 9.17) is 0 Å². The molecule has 4 aromatic rings. The van der Waals surface area contributed by atoms with Crippen LogP contribution in [-0.4, -0.2) is 35.2 Å². The number of rotatable bonds is 5. The van der Waals surface area contributed by atoms with Crippen molar-refractivity contribution < 1.29 is 9.18 Å². The summed E-state index contributed by atoms with van der Waals surface area (Å²) in [6.45, 7) is 2.74. The van der Waals surface area contributed by atoms with Gasteiger partial charge in [-0.05, 0) is 67.9 Å². The number of aromatic nitrogens is 6. The van der Waals surface area contributed by atoms with Crippen LogP contribution in [-0.2, 0) is 13.0 Å². The molecule has 36 heavy (non-hydrogen) atoms. The van der Waals surface area contributed by atoms with Crippen LogP contribution in [0.4, 0.5) is 10.2 Å². The Labute approximate surface area is 207 Å². The first-order valence-electron chi connectivity index (χ1n) is 12.5. The lowest BCUT2D eigenvalue weighted by Crippen LogP contribution is -2.31. The summed E-state index contributed by atoms with van der Waals surface area (Å²) in [6, 6.07) is 8.34. The smallest absolute Gasteiger partial charge is 0.259 e. The molecule has 1 aromatic carbocycles.